The molecule has 0 aliphatic rings. The minimum absolute atomic E-state index is 0.152. The average Bonchev–Trinajstić information content (AvgIpc) is 2.64. The van der Waals surface area contributed by atoms with Crippen LogP contribution in [0.5, 0.6) is 0 Å². The SMILES string of the molecule is O=C(O)Cc1nccc(-c2cc(Br)cs2)n1. The predicted molar refractivity (Wildman–Crippen MR) is 64.4 cm³/mol. The van der Waals surface area contributed by atoms with Crippen LogP contribution in [0.15, 0.2) is 28.2 Å². The van der Waals surface area contributed by atoms with Gasteiger partial charge in [0.25, 0.3) is 0 Å². The molecule has 0 aliphatic heterocycles. The van der Waals surface area contributed by atoms with Crippen LogP contribution in [-0.4, -0.2) is 21.0 Å². The van der Waals surface area contributed by atoms with Crippen LogP contribution in [0.1, 0.15) is 5.82 Å². The smallest absolute Gasteiger partial charge is 0.311 e. The topological polar surface area (TPSA) is 63.1 Å². The highest BCUT2D eigenvalue weighted by molar-refractivity contribution is 9.10. The number of hydrogen-bond donors (Lipinski definition) is 1. The van der Waals surface area contributed by atoms with Crippen LogP contribution in [-0.2, 0) is 11.2 Å². The molecule has 0 amide bonds. The summed E-state index contributed by atoms with van der Waals surface area (Å²) in [5.74, 6) is -0.598. The van der Waals surface area contributed by atoms with E-state index in [-0.39, 0.29) is 6.42 Å². The van der Waals surface area contributed by atoms with E-state index in [4.69, 9.17) is 5.11 Å². The molecule has 2 aromatic rings. The zero-order chi connectivity index (χ0) is 11.5. The molecule has 0 saturated carbocycles. The number of aromatic nitrogens is 2. The van der Waals surface area contributed by atoms with Gasteiger partial charge in [-0.3, -0.25) is 4.79 Å². The molecule has 16 heavy (non-hydrogen) atoms. The van der Waals surface area contributed by atoms with E-state index in [1.807, 2.05) is 11.4 Å². The summed E-state index contributed by atoms with van der Waals surface area (Å²) in [6.45, 7) is 0. The quantitative estimate of drug-likeness (QED) is 0.946. The van der Waals surface area contributed by atoms with Gasteiger partial charge in [0, 0.05) is 16.0 Å². The summed E-state index contributed by atoms with van der Waals surface area (Å²) < 4.78 is 0.992. The molecule has 1 N–H and O–H groups in total. The van der Waals surface area contributed by atoms with E-state index in [0.29, 0.717) is 5.82 Å². The Labute approximate surface area is 104 Å². The standard InChI is InChI=1S/C10H7BrN2O2S/c11-6-3-8(16-5-6)7-1-2-12-9(13-7)4-10(14)15/h1-3,5H,4H2,(H,14,15). The van der Waals surface area contributed by atoms with Crippen LogP contribution in [0.25, 0.3) is 10.6 Å². The molecule has 82 valence electrons. The lowest BCUT2D eigenvalue weighted by Gasteiger charge is -1.99. The first kappa shape index (κ1) is 11.2. The van der Waals surface area contributed by atoms with Gasteiger partial charge in [0.05, 0.1) is 10.6 Å². The summed E-state index contributed by atoms with van der Waals surface area (Å²) in [6.07, 6.45) is 1.43. The van der Waals surface area contributed by atoms with Gasteiger partial charge < -0.3 is 5.11 Å². The summed E-state index contributed by atoms with van der Waals surface area (Å²) in [6, 6.07) is 3.71. The number of rotatable bonds is 3. The molecule has 4 nitrogen and oxygen atoms in total. The van der Waals surface area contributed by atoms with Gasteiger partial charge in [0.15, 0.2) is 0 Å². The van der Waals surface area contributed by atoms with Gasteiger partial charge in [-0.15, -0.1) is 11.3 Å². The van der Waals surface area contributed by atoms with Crippen molar-refractivity contribution in [2.24, 2.45) is 0 Å². The number of carboxylic acid groups (broad SMARTS) is 1. The van der Waals surface area contributed by atoms with Crippen molar-refractivity contribution in [3.8, 4) is 10.6 Å². The van der Waals surface area contributed by atoms with Crippen molar-refractivity contribution in [3.63, 3.8) is 0 Å². The van der Waals surface area contributed by atoms with E-state index >= 15 is 0 Å². The molecule has 0 atom stereocenters. The maximum Gasteiger partial charge on any atom is 0.311 e. The van der Waals surface area contributed by atoms with Gasteiger partial charge in [-0.1, -0.05) is 0 Å². The van der Waals surface area contributed by atoms with E-state index in [1.165, 1.54) is 0 Å². The van der Waals surface area contributed by atoms with Gasteiger partial charge in [-0.2, -0.15) is 0 Å². The molecule has 6 heteroatoms. The first-order valence-electron chi connectivity index (χ1n) is 4.43. The second-order valence-corrected chi connectivity index (χ2v) is 4.88. The van der Waals surface area contributed by atoms with Crippen LogP contribution < -0.4 is 0 Å². The molecule has 0 spiro atoms. The van der Waals surface area contributed by atoms with Crippen LogP contribution in [0.2, 0.25) is 0 Å². The van der Waals surface area contributed by atoms with Gasteiger partial charge in [-0.05, 0) is 28.1 Å². The Bertz CT molecular complexity index is 527. The first-order chi connectivity index (χ1) is 7.65. The lowest BCUT2D eigenvalue weighted by atomic mass is 10.3. The summed E-state index contributed by atoms with van der Waals surface area (Å²) >= 11 is 4.91. The van der Waals surface area contributed by atoms with E-state index in [2.05, 4.69) is 25.9 Å². The Morgan fingerprint density at radius 1 is 1.56 bits per heavy atom. The highest BCUT2D eigenvalue weighted by Gasteiger charge is 2.07. The van der Waals surface area contributed by atoms with E-state index < -0.39 is 5.97 Å². The molecule has 0 saturated heterocycles. The van der Waals surface area contributed by atoms with Crippen molar-refractivity contribution in [2.45, 2.75) is 6.42 Å². The second kappa shape index (κ2) is 4.71. The lowest BCUT2D eigenvalue weighted by molar-refractivity contribution is -0.136. The molecule has 0 bridgehead atoms. The number of carboxylic acids is 1. The molecule has 0 fully saturated rings. The van der Waals surface area contributed by atoms with Crippen LogP contribution in [0.3, 0.4) is 0 Å². The third-order valence-corrected chi connectivity index (χ3v) is 3.55. The van der Waals surface area contributed by atoms with Crippen LogP contribution >= 0.6 is 27.3 Å². The number of halogens is 1. The van der Waals surface area contributed by atoms with Gasteiger partial charge in [0.1, 0.15) is 12.2 Å². The Balaban J connectivity index is 2.32. The fourth-order valence-electron chi connectivity index (χ4n) is 1.20. The molecular weight excluding hydrogens is 292 g/mol. The van der Waals surface area contributed by atoms with Gasteiger partial charge >= 0.3 is 5.97 Å². The van der Waals surface area contributed by atoms with Crippen molar-refractivity contribution in [1.82, 2.24) is 9.97 Å². The fraction of sp³-hybridized carbons (Fsp3) is 0.100. The van der Waals surface area contributed by atoms with Crippen molar-refractivity contribution in [1.29, 1.82) is 0 Å². The van der Waals surface area contributed by atoms with Crippen molar-refractivity contribution in [3.05, 3.63) is 34.0 Å². The normalized spacial score (nSPS) is 10.3. The predicted octanol–water partition coefficient (Wildman–Crippen LogP) is 2.59. The zero-order valence-electron chi connectivity index (χ0n) is 8.05. The van der Waals surface area contributed by atoms with Crippen molar-refractivity contribution >= 4 is 33.2 Å². The second-order valence-electron chi connectivity index (χ2n) is 3.06. The van der Waals surface area contributed by atoms with Gasteiger partial charge in [-0.25, -0.2) is 9.97 Å². The van der Waals surface area contributed by atoms with Crippen LogP contribution in [0, 0.1) is 0 Å². The minimum atomic E-state index is -0.926. The van der Waals surface area contributed by atoms with Crippen LogP contribution in [0.4, 0.5) is 0 Å². The summed E-state index contributed by atoms with van der Waals surface area (Å²) in [5.41, 5.74) is 0.752. The molecule has 0 unspecified atom stereocenters. The van der Waals surface area contributed by atoms with Gasteiger partial charge in [0.2, 0.25) is 0 Å². The number of hydrogen-bond acceptors (Lipinski definition) is 4. The zero-order valence-corrected chi connectivity index (χ0v) is 10.5. The maximum absolute atomic E-state index is 10.5. The molecule has 2 aromatic heterocycles. The molecular formula is C10H7BrN2O2S. The molecule has 2 heterocycles. The third-order valence-electron chi connectivity index (χ3n) is 1.83. The molecule has 2 rings (SSSR count). The molecule has 0 aliphatic carbocycles. The Hall–Kier alpha value is -1.27. The Morgan fingerprint density at radius 3 is 3.00 bits per heavy atom. The molecule has 0 radical (unpaired) electrons. The fourth-order valence-corrected chi connectivity index (χ4v) is 2.60. The Kier molecular flexibility index (Phi) is 3.31. The maximum atomic E-state index is 10.5. The first-order valence-corrected chi connectivity index (χ1v) is 6.10. The van der Waals surface area contributed by atoms with Crippen molar-refractivity contribution in [2.75, 3.05) is 0 Å². The summed E-state index contributed by atoms with van der Waals surface area (Å²) in [5, 5.41) is 10.6. The minimum Gasteiger partial charge on any atom is -0.481 e. The number of thiophene rings is 1. The monoisotopic (exact) mass is 298 g/mol. The average molecular weight is 299 g/mol. The number of aliphatic carboxylic acids is 1. The highest BCUT2D eigenvalue weighted by atomic mass is 79.9. The van der Waals surface area contributed by atoms with E-state index in [9.17, 15) is 4.79 Å². The number of carbonyl (C=O) groups is 1. The van der Waals surface area contributed by atoms with Crippen molar-refractivity contribution < 1.29 is 9.90 Å². The highest BCUT2D eigenvalue weighted by Crippen LogP contribution is 2.28. The number of nitrogens with zero attached hydrogens (tertiary/aromatic N) is 2. The molecule has 0 aromatic carbocycles. The lowest BCUT2D eigenvalue weighted by Crippen LogP contribution is -2.04. The van der Waals surface area contributed by atoms with E-state index in [0.717, 1.165) is 15.0 Å². The Morgan fingerprint density at radius 2 is 2.38 bits per heavy atom. The summed E-state index contributed by atoms with van der Waals surface area (Å²) in [7, 11) is 0. The summed E-state index contributed by atoms with van der Waals surface area (Å²) in [4.78, 5) is 19.6. The van der Waals surface area contributed by atoms with E-state index in [1.54, 1.807) is 23.6 Å². The largest absolute Gasteiger partial charge is 0.481 e. The third kappa shape index (κ3) is 2.65.